The average Bonchev–Trinajstić information content (AvgIpc) is 2.17. The van der Waals surface area contributed by atoms with Crippen LogP contribution in [0.1, 0.15) is 0 Å². The van der Waals surface area contributed by atoms with E-state index >= 15 is 0 Å². The number of alkyl halides is 2. The minimum Gasteiger partial charge on any atom is -0.369 e. The Hall–Kier alpha value is -0.470. The molecule has 0 aliphatic heterocycles. The molecule has 0 saturated carbocycles. The van der Waals surface area contributed by atoms with Gasteiger partial charge in [-0.15, -0.1) is 23.2 Å². The van der Waals surface area contributed by atoms with Gasteiger partial charge >= 0.3 is 0 Å². The van der Waals surface area contributed by atoms with Gasteiger partial charge in [0.05, 0.1) is 0 Å². The van der Waals surface area contributed by atoms with Crippen LogP contribution in [0.25, 0.3) is 0 Å². The first kappa shape index (κ1) is 11.6. The first-order valence-electron chi connectivity index (χ1n) is 4.40. The van der Waals surface area contributed by atoms with Gasteiger partial charge in [0.25, 0.3) is 0 Å². The van der Waals surface area contributed by atoms with Gasteiger partial charge in [0.15, 0.2) is 0 Å². The summed E-state index contributed by atoms with van der Waals surface area (Å²) in [6.07, 6.45) is 0. The summed E-state index contributed by atoms with van der Waals surface area (Å²) in [5, 5.41) is 0. The van der Waals surface area contributed by atoms with Crippen LogP contribution in [0.3, 0.4) is 0 Å². The molecule has 0 saturated heterocycles. The maximum Gasteiger partial charge on any atom is 0.125 e. The van der Waals surface area contributed by atoms with Gasteiger partial charge in [-0.05, 0) is 18.2 Å². The maximum absolute atomic E-state index is 12.9. The molecule has 4 heteroatoms. The van der Waals surface area contributed by atoms with Crippen molar-refractivity contribution >= 4 is 28.9 Å². The van der Waals surface area contributed by atoms with Gasteiger partial charge in [0, 0.05) is 30.5 Å². The van der Waals surface area contributed by atoms with Crippen LogP contribution in [-0.4, -0.2) is 24.8 Å². The molecule has 0 aliphatic carbocycles. The summed E-state index contributed by atoms with van der Waals surface area (Å²) >= 11 is 11.3. The van der Waals surface area contributed by atoms with E-state index in [1.807, 2.05) is 11.0 Å². The maximum atomic E-state index is 12.9. The number of nitrogens with zero attached hydrogens (tertiary/aromatic N) is 1. The van der Waals surface area contributed by atoms with E-state index in [9.17, 15) is 4.39 Å². The van der Waals surface area contributed by atoms with Gasteiger partial charge in [-0.3, -0.25) is 0 Å². The molecule has 14 heavy (non-hydrogen) atoms. The standard InChI is InChI=1S/C10H12Cl2FN/c11-4-6-14(7-5-12)10-3-1-2-9(13)8-10/h1-3,8H,4-7H2. The molecule has 0 atom stereocenters. The summed E-state index contributed by atoms with van der Waals surface area (Å²) in [7, 11) is 0. The summed E-state index contributed by atoms with van der Waals surface area (Å²) in [5.41, 5.74) is 0.825. The zero-order valence-corrected chi connectivity index (χ0v) is 9.23. The second-order valence-corrected chi connectivity index (χ2v) is 3.60. The normalized spacial score (nSPS) is 10.2. The Morgan fingerprint density at radius 2 is 1.79 bits per heavy atom. The predicted octanol–water partition coefficient (Wildman–Crippen LogP) is 3.11. The van der Waals surface area contributed by atoms with Crippen molar-refractivity contribution < 1.29 is 4.39 Å². The van der Waals surface area contributed by atoms with E-state index in [0.717, 1.165) is 5.69 Å². The molecule has 0 radical (unpaired) electrons. The fourth-order valence-corrected chi connectivity index (χ4v) is 1.65. The molecule has 78 valence electrons. The van der Waals surface area contributed by atoms with E-state index in [-0.39, 0.29) is 5.82 Å². The van der Waals surface area contributed by atoms with Crippen molar-refractivity contribution in [2.45, 2.75) is 0 Å². The van der Waals surface area contributed by atoms with Crippen molar-refractivity contribution in [2.75, 3.05) is 29.7 Å². The van der Waals surface area contributed by atoms with Crippen LogP contribution < -0.4 is 4.90 Å². The molecular weight excluding hydrogens is 224 g/mol. The van der Waals surface area contributed by atoms with Crippen molar-refractivity contribution in [3.8, 4) is 0 Å². The monoisotopic (exact) mass is 235 g/mol. The fourth-order valence-electron chi connectivity index (χ4n) is 1.25. The minimum absolute atomic E-state index is 0.239. The Balaban J connectivity index is 2.75. The highest BCUT2D eigenvalue weighted by Crippen LogP contribution is 2.15. The highest BCUT2D eigenvalue weighted by atomic mass is 35.5. The molecule has 0 spiro atoms. The van der Waals surface area contributed by atoms with Gasteiger partial charge in [0.1, 0.15) is 5.82 Å². The quantitative estimate of drug-likeness (QED) is 0.710. The lowest BCUT2D eigenvalue weighted by atomic mass is 10.3. The zero-order chi connectivity index (χ0) is 10.4. The van der Waals surface area contributed by atoms with Crippen LogP contribution in [0.5, 0.6) is 0 Å². The van der Waals surface area contributed by atoms with Crippen molar-refractivity contribution in [3.63, 3.8) is 0 Å². The summed E-state index contributed by atoms with van der Waals surface area (Å²) in [4.78, 5) is 1.96. The number of benzene rings is 1. The molecule has 0 fully saturated rings. The lowest BCUT2D eigenvalue weighted by molar-refractivity contribution is 0.627. The number of hydrogen-bond acceptors (Lipinski definition) is 1. The van der Waals surface area contributed by atoms with Crippen LogP contribution in [-0.2, 0) is 0 Å². The van der Waals surface area contributed by atoms with E-state index in [1.54, 1.807) is 6.07 Å². The van der Waals surface area contributed by atoms with Crippen LogP contribution in [0.2, 0.25) is 0 Å². The van der Waals surface area contributed by atoms with Gasteiger partial charge < -0.3 is 4.90 Å². The van der Waals surface area contributed by atoms with Crippen molar-refractivity contribution in [1.82, 2.24) is 0 Å². The second-order valence-electron chi connectivity index (χ2n) is 2.84. The molecule has 1 aromatic rings. The van der Waals surface area contributed by atoms with Gasteiger partial charge in [-0.1, -0.05) is 6.07 Å². The molecular formula is C10H12Cl2FN. The molecule has 1 aromatic carbocycles. The number of halogens is 3. The third-order valence-corrected chi connectivity index (χ3v) is 2.22. The molecule has 0 N–H and O–H groups in total. The molecule has 1 rings (SSSR count). The van der Waals surface area contributed by atoms with Crippen LogP contribution in [0.15, 0.2) is 24.3 Å². The van der Waals surface area contributed by atoms with Gasteiger partial charge in [0.2, 0.25) is 0 Å². The Labute approximate surface area is 93.4 Å². The number of rotatable bonds is 5. The smallest absolute Gasteiger partial charge is 0.125 e. The fraction of sp³-hybridized carbons (Fsp3) is 0.400. The number of hydrogen-bond donors (Lipinski definition) is 0. The van der Waals surface area contributed by atoms with E-state index in [1.165, 1.54) is 12.1 Å². The van der Waals surface area contributed by atoms with Crippen molar-refractivity contribution in [2.24, 2.45) is 0 Å². The molecule has 0 heterocycles. The molecule has 0 aromatic heterocycles. The number of anilines is 1. The molecule has 0 amide bonds. The van der Waals surface area contributed by atoms with E-state index < -0.39 is 0 Å². The third-order valence-electron chi connectivity index (χ3n) is 1.88. The molecule has 0 unspecified atom stereocenters. The topological polar surface area (TPSA) is 3.24 Å². The van der Waals surface area contributed by atoms with Gasteiger partial charge in [-0.25, -0.2) is 4.39 Å². The van der Waals surface area contributed by atoms with Gasteiger partial charge in [-0.2, -0.15) is 0 Å². The summed E-state index contributed by atoms with van der Waals surface area (Å²) < 4.78 is 12.9. The van der Waals surface area contributed by atoms with E-state index in [0.29, 0.717) is 24.8 Å². The summed E-state index contributed by atoms with van der Waals surface area (Å²) in [6, 6.07) is 6.43. The Kier molecular flexibility index (Phi) is 5.05. The van der Waals surface area contributed by atoms with Crippen LogP contribution >= 0.6 is 23.2 Å². The Morgan fingerprint density at radius 3 is 2.29 bits per heavy atom. The van der Waals surface area contributed by atoms with Crippen LogP contribution in [0, 0.1) is 5.82 Å². The van der Waals surface area contributed by atoms with E-state index in [2.05, 4.69) is 0 Å². The first-order valence-corrected chi connectivity index (χ1v) is 5.47. The average molecular weight is 236 g/mol. The predicted molar refractivity (Wildman–Crippen MR) is 60.1 cm³/mol. The lowest BCUT2D eigenvalue weighted by Gasteiger charge is -2.22. The lowest BCUT2D eigenvalue weighted by Crippen LogP contribution is -2.27. The second kappa shape index (κ2) is 6.10. The highest BCUT2D eigenvalue weighted by molar-refractivity contribution is 6.18. The first-order chi connectivity index (χ1) is 6.77. The van der Waals surface area contributed by atoms with E-state index in [4.69, 9.17) is 23.2 Å². The molecule has 0 aliphatic rings. The Morgan fingerprint density at radius 1 is 1.14 bits per heavy atom. The highest BCUT2D eigenvalue weighted by Gasteiger charge is 2.05. The molecule has 0 bridgehead atoms. The SMILES string of the molecule is Fc1cccc(N(CCCl)CCCl)c1. The summed E-state index contributed by atoms with van der Waals surface area (Å²) in [6.45, 7) is 1.36. The largest absolute Gasteiger partial charge is 0.369 e. The minimum atomic E-state index is -0.239. The third kappa shape index (κ3) is 3.35. The zero-order valence-electron chi connectivity index (χ0n) is 7.72. The van der Waals surface area contributed by atoms with Crippen LogP contribution in [0.4, 0.5) is 10.1 Å². The summed E-state index contributed by atoms with van der Waals surface area (Å²) in [5.74, 6) is 0.775. The molecule has 1 nitrogen and oxygen atoms in total. The van der Waals surface area contributed by atoms with Crippen molar-refractivity contribution in [3.05, 3.63) is 30.1 Å². The van der Waals surface area contributed by atoms with Crippen molar-refractivity contribution in [1.29, 1.82) is 0 Å². The Bertz CT molecular complexity index is 275.